The van der Waals surface area contributed by atoms with Gasteiger partial charge in [-0.25, -0.2) is 5.48 Å². The van der Waals surface area contributed by atoms with Crippen LogP contribution in [-0.2, 0) is 16.2 Å². The van der Waals surface area contributed by atoms with E-state index >= 15 is 0 Å². The molecule has 1 aliphatic carbocycles. The highest BCUT2D eigenvalue weighted by molar-refractivity contribution is 6.58. The number of benzene rings is 1. The summed E-state index contributed by atoms with van der Waals surface area (Å²) in [6.07, 6.45) is 15.3. The van der Waals surface area contributed by atoms with Crippen molar-refractivity contribution in [3.8, 4) is 0 Å². The van der Waals surface area contributed by atoms with Gasteiger partial charge in [0.15, 0.2) is 0 Å². The molecule has 2 rings (SSSR count). The molecule has 0 saturated carbocycles. The molecule has 0 unspecified atom stereocenters. The Morgan fingerprint density at radius 3 is 2.52 bits per heavy atom. The van der Waals surface area contributed by atoms with Crippen LogP contribution in [0.25, 0.3) is 0 Å². The molecule has 0 spiro atoms. The standard InChI is InChI=1S/C27H36BNO4/c1-20(11-14-24-10-7-17-27(4,5)22(24)3)8-6-9-21(2)18-26(30)29-33-19-23-12-15-25(16-13-23)28(31)32/h6,8-9,11-16,18,31-32H,7,10,17,19H2,1-5H3,(H,29,30)/b9-6+,14-11+,20-8-,21-18+. The molecule has 1 aromatic carbocycles. The van der Waals surface area contributed by atoms with Crippen LogP contribution in [0, 0.1) is 5.41 Å². The van der Waals surface area contributed by atoms with Gasteiger partial charge in [0.2, 0.25) is 0 Å². The first-order valence-corrected chi connectivity index (χ1v) is 11.4. The van der Waals surface area contributed by atoms with Crippen molar-refractivity contribution in [2.45, 2.75) is 60.5 Å². The van der Waals surface area contributed by atoms with Crippen LogP contribution in [0.15, 0.2) is 83.0 Å². The van der Waals surface area contributed by atoms with E-state index in [2.05, 4.69) is 45.3 Å². The first-order valence-electron chi connectivity index (χ1n) is 11.4. The fourth-order valence-electron chi connectivity index (χ4n) is 3.64. The van der Waals surface area contributed by atoms with Crippen LogP contribution in [0.4, 0.5) is 0 Å². The first-order chi connectivity index (χ1) is 15.6. The molecule has 1 aliphatic rings. The second kappa shape index (κ2) is 12.5. The van der Waals surface area contributed by atoms with Gasteiger partial charge in [-0.05, 0) is 67.6 Å². The number of amides is 1. The largest absolute Gasteiger partial charge is 0.488 e. The molecule has 6 heteroatoms. The summed E-state index contributed by atoms with van der Waals surface area (Å²) in [4.78, 5) is 17.2. The van der Waals surface area contributed by atoms with Gasteiger partial charge in [-0.1, -0.05) is 79.6 Å². The second-order valence-electron chi connectivity index (χ2n) is 9.25. The molecule has 0 fully saturated rings. The number of carbonyl (C=O) groups is 1. The van der Waals surface area contributed by atoms with Gasteiger partial charge in [-0.15, -0.1) is 0 Å². The molecule has 1 amide bonds. The molecule has 176 valence electrons. The van der Waals surface area contributed by atoms with E-state index in [-0.39, 0.29) is 17.9 Å². The van der Waals surface area contributed by atoms with Crippen molar-refractivity contribution >= 4 is 18.5 Å². The molecule has 0 saturated heterocycles. The predicted molar refractivity (Wildman–Crippen MR) is 135 cm³/mol. The lowest BCUT2D eigenvalue weighted by Gasteiger charge is -2.32. The third-order valence-corrected chi connectivity index (χ3v) is 6.06. The van der Waals surface area contributed by atoms with E-state index in [0.29, 0.717) is 5.46 Å². The van der Waals surface area contributed by atoms with Crippen LogP contribution in [0.3, 0.4) is 0 Å². The third-order valence-electron chi connectivity index (χ3n) is 6.06. The number of hydrogen-bond acceptors (Lipinski definition) is 4. The zero-order valence-electron chi connectivity index (χ0n) is 20.4. The second-order valence-corrected chi connectivity index (χ2v) is 9.25. The summed E-state index contributed by atoms with van der Waals surface area (Å²) in [7, 11) is -1.50. The Bertz CT molecular complexity index is 966. The molecular weight excluding hydrogens is 413 g/mol. The number of carbonyl (C=O) groups excluding carboxylic acids is 1. The van der Waals surface area contributed by atoms with Crippen LogP contribution in [-0.4, -0.2) is 23.1 Å². The summed E-state index contributed by atoms with van der Waals surface area (Å²) < 4.78 is 0. The fraction of sp³-hybridized carbons (Fsp3) is 0.370. The van der Waals surface area contributed by atoms with Crippen molar-refractivity contribution in [2.75, 3.05) is 0 Å². The smallest absolute Gasteiger partial charge is 0.423 e. The van der Waals surface area contributed by atoms with Crippen LogP contribution in [0.5, 0.6) is 0 Å². The summed E-state index contributed by atoms with van der Waals surface area (Å²) in [5, 5.41) is 18.2. The quantitative estimate of drug-likeness (QED) is 0.225. The zero-order valence-corrected chi connectivity index (χ0v) is 20.4. The summed E-state index contributed by atoms with van der Waals surface area (Å²) in [6.45, 7) is 11.0. The number of rotatable bonds is 9. The van der Waals surface area contributed by atoms with Crippen LogP contribution >= 0.6 is 0 Å². The minimum Gasteiger partial charge on any atom is -0.423 e. The van der Waals surface area contributed by atoms with E-state index in [1.165, 1.54) is 30.1 Å². The molecule has 33 heavy (non-hydrogen) atoms. The monoisotopic (exact) mass is 449 g/mol. The number of nitrogens with one attached hydrogen (secondary N) is 1. The SMILES string of the molecule is CC1=C(/C=C/C(C)=C\C=C\C(C)=C\C(=O)NOCc2ccc(B(O)O)cc2)CCCC1(C)C. The Labute approximate surface area is 198 Å². The Morgan fingerprint density at radius 1 is 1.15 bits per heavy atom. The topological polar surface area (TPSA) is 78.8 Å². The van der Waals surface area contributed by atoms with Crippen LogP contribution in [0.1, 0.15) is 59.4 Å². The number of hydrogen-bond donors (Lipinski definition) is 3. The highest BCUT2D eigenvalue weighted by Crippen LogP contribution is 2.40. The minimum absolute atomic E-state index is 0.178. The molecule has 0 bridgehead atoms. The molecule has 0 aromatic heterocycles. The first kappa shape index (κ1) is 26.6. The maximum Gasteiger partial charge on any atom is 0.488 e. The van der Waals surface area contributed by atoms with Gasteiger partial charge in [0.25, 0.3) is 5.91 Å². The highest BCUT2D eigenvalue weighted by atomic mass is 16.6. The average Bonchev–Trinajstić information content (AvgIpc) is 2.75. The van der Waals surface area contributed by atoms with E-state index in [1.807, 2.05) is 25.2 Å². The summed E-state index contributed by atoms with van der Waals surface area (Å²) in [6, 6.07) is 6.61. The van der Waals surface area contributed by atoms with E-state index in [9.17, 15) is 4.79 Å². The molecule has 3 N–H and O–H groups in total. The van der Waals surface area contributed by atoms with E-state index < -0.39 is 7.12 Å². The lowest BCUT2D eigenvalue weighted by atomic mass is 9.73. The summed E-state index contributed by atoms with van der Waals surface area (Å²) in [5.41, 5.74) is 8.76. The number of allylic oxidation sites excluding steroid dienone is 9. The Kier molecular flexibility index (Phi) is 10.1. The van der Waals surface area contributed by atoms with E-state index in [1.54, 1.807) is 24.3 Å². The van der Waals surface area contributed by atoms with E-state index in [0.717, 1.165) is 23.1 Å². The maximum absolute atomic E-state index is 12.0. The van der Waals surface area contributed by atoms with Crippen LogP contribution in [0.2, 0.25) is 0 Å². The molecule has 0 heterocycles. The molecule has 5 nitrogen and oxygen atoms in total. The molecule has 0 atom stereocenters. The summed E-state index contributed by atoms with van der Waals surface area (Å²) in [5.74, 6) is -0.345. The van der Waals surface area contributed by atoms with Crippen LogP contribution < -0.4 is 10.9 Å². The highest BCUT2D eigenvalue weighted by Gasteiger charge is 2.25. The van der Waals surface area contributed by atoms with Gasteiger partial charge in [-0.2, -0.15) is 0 Å². The van der Waals surface area contributed by atoms with Crippen molar-refractivity contribution in [3.05, 3.63) is 88.6 Å². The lowest BCUT2D eigenvalue weighted by Crippen LogP contribution is -2.29. The average molecular weight is 449 g/mol. The van der Waals surface area contributed by atoms with Gasteiger partial charge < -0.3 is 10.0 Å². The lowest BCUT2D eigenvalue weighted by molar-refractivity contribution is -0.129. The Morgan fingerprint density at radius 2 is 1.85 bits per heavy atom. The Hall–Kier alpha value is -2.67. The van der Waals surface area contributed by atoms with Crippen molar-refractivity contribution in [3.63, 3.8) is 0 Å². The van der Waals surface area contributed by atoms with Gasteiger partial charge >= 0.3 is 7.12 Å². The summed E-state index contributed by atoms with van der Waals surface area (Å²) >= 11 is 0. The number of hydroxylamine groups is 1. The van der Waals surface area contributed by atoms with E-state index in [4.69, 9.17) is 14.9 Å². The van der Waals surface area contributed by atoms with Crippen molar-refractivity contribution in [1.82, 2.24) is 5.48 Å². The molecule has 0 radical (unpaired) electrons. The molecule has 0 aliphatic heterocycles. The molecule has 1 aromatic rings. The van der Waals surface area contributed by atoms with Gasteiger partial charge in [0, 0.05) is 6.08 Å². The van der Waals surface area contributed by atoms with Gasteiger partial charge in [0.1, 0.15) is 0 Å². The zero-order chi connectivity index (χ0) is 24.4. The fourth-order valence-corrected chi connectivity index (χ4v) is 3.64. The Balaban J connectivity index is 1.82. The van der Waals surface area contributed by atoms with Crippen molar-refractivity contribution in [2.24, 2.45) is 5.41 Å². The normalized spacial score (nSPS) is 17.2. The maximum atomic E-state index is 12.0. The van der Waals surface area contributed by atoms with Crippen molar-refractivity contribution < 1.29 is 19.7 Å². The van der Waals surface area contributed by atoms with Gasteiger partial charge in [0.05, 0.1) is 6.61 Å². The predicted octanol–water partition coefficient (Wildman–Crippen LogP) is 4.45. The molecular formula is C27H36BNO4. The minimum atomic E-state index is -1.50. The third kappa shape index (κ3) is 9.01. The van der Waals surface area contributed by atoms with Gasteiger partial charge in [-0.3, -0.25) is 9.63 Å². The van der Waals surface area contributed by atoms with Crippen molar-refractivity contribution in [1.29, 1.82) is 0 Å².